The molecule has 0 spiro atoms. The molecule has 0 aromatic heterocycles. The average molecular weight is 202 g/mol. The van der Waals surface area contributed by atoms with Gasteiger partial charge in [-0.2, -0.15) is 0 Å². The van der Waals surface area contributed by atoms with E-state index in [1.54, 1.807) is 6.92 Å². The predicted octanol–water partition coefficient (Wildman–Crippen LogP) is 1.68. The lowest BCUT2D eigenvalue weighted by Crippen LogP contribution is -2.33. The van der Waals surface area contributed by atoms with E-state index in [1.807, 2.05) is 20.8 Å². The standard InChI is InChI=1S/C10H18O4/c1-6(8(11)12)9(13)14-7(2)10(3,4)5/h6-7H,1-5H3,(H,11,12). The lowest BCUT2D eigenvalue weighted by molar-refractivity contribution is -0.164. The van der Waals surface area contributed by atoms with Crippen molar-refractivity contribution in [3.8, 4) is 0 Å². The zero-order valence-corrected chi connectivity index (χ0v) is 9.33. The number of esters is 1. The fourth-order valence-corrected chi connectivity index (χ4v) is 0.554. The summed E-state index contributed by atoms with van der Waals surface area (Å²) >= 11 is 0. The molecule has 2 unspecified atom stereocenters. The van der Waals surface area contributed by atoms with Gasteiger partial charge in [0.15, 0.2) is 5.92 Å². The molecule has 1 N–H and O–H groups in total. The van der Waals surface area contributed by atoms with Crippen molar-refractivity contribution < 1.29 is 19.4 Å². The van der Waals surface area contributed by atoms with Crippen LogP contribution >= 0.6 is 0 Å². The van der Waals surface area contributed by atoms with Gasteiger partial charge in [0, 0.05) is 0 Å². The van der Waals surface area contributed by atoms with E-state index in [1.165, 1.54) is 6.92 Å². The lowest BCUT2D eigenvalue weighted by atomic mass is 9.90. The zero-order valence-electron chi connectivity index (χ0n) is 9.33. The second kappa shape index (κ2) is 4.44. The summed E-state index contributed by atoms with van der Waals surface area (Å²) in [5.41, 5.74) is -0.173. The van der Waals surface area contributed by atoms with Crippen LogP contribution in [0, 0.1) is 11.3 Å². The summed E-state index contributed by atoms with van der Waals surface area (Å²) in [6, 6.07) is 0. The Hall–Kier alpha value is -1.06. The van der Waals surface area contributed by atoms with E-state index in [-0.39, 0.29) is 11.5 Å². The molecule has 0 aromatic carbocycles. The molecule has 14 heavy (non-hydrogen) atoms. The van der Waals surface area contributed by atoms with Crippen LogP contribution < -0.4 is 0 Å². The predicted molar refractivity (Wildman–Crippen MR) is 51.8 cm³/mol. The molecule has 0 aliphatic heterocycles. The van der Waals surface area contributed by atoms with E-state index in [9.17, 15) is 9.59 Å². The molecular formula is C10H18O4. The monoisotopic (exact) mass is 202 g/mol. The number of carboxylic acids is 1. The van der Waals surface area contributed by atoms with Crippen LogP contribution in [0.15, 0.2) is 0 Å². The highest BCUT2D eigenvalue weighted by Crippen LogP contribution is 2.22. The molecule has 0 fully saturated rings. The first kappa shape index (κ1) is 12.9. The molecule has 0 saturated heterocycles. The first-order valence-electron chi connectivity index (χ1n) is 4.59. The third-order valence-corrected chi connectivity index (χ3v) is 2.24. The summed E-state index contributed by atoms with van der Waals surface area (Å²) in [6.07, 6.45) is -0.295. The van der Waals surface area contributed by atoms with E-state index < -0.39 is 17.9 Å². The molecule has 0 rings (SSSR count). The van der Waals surface area contributed by atoms with Crippen molar-refractivity contribution in [3.05, 3.63) is 0 Å². The van der Waals surface area contributed by atoms with E-state index >= 15 is 0 Å². The zero-order chi connectivity index (χ0) is 11.5. The Labute approximate surface area is 84.3 Å². The number of aliphatic carboxylic acids is 1. The first-order chi connectivity index (χ1) is 6.16. The van der Waals surface area contributed by atoms with Gasteiger partial charge in [-0.05, 0) is 19.3 Å². The van der Waals surface area contributed by atoms with Crippen molar-refractivity contribution in [1.82, 2.24) is 0 Å². The van der Waals surface area contributed by atoms with Crippen molar-refractivity contribution in [3.63, 3.8) is 0 Å². The summed E-state index contributed by atoms with van der Waals surface area (Å²) in [7, 11) is 0. The van der Waals surface area contributed by atoms with Crippen LogP contribution in [-0.2, 0) is 14.3 Å². The van der Waals surface area contributed by atoms with Crippen LogP contribution in [0.1, 0.15) is 34.6 Å². The molecular weight excluding hydrogens is 184 g/mol. The molecule has 4 heteroatoms. The molecule has 0 heterocycles. The van der Waals surface area contributed by atoms with E-state index in [0.29, 0.717) is 0 Å². The molecule has 0 aliphatic carbocycles. The molecule has 82 valence electrons. The largest absolute Gasteiger partial charge is 0.481 e. The third-order valence-electron chi connectivity index (χ3n) is 2.24. The van der Waals surface area contributed by atoms with Crippen LogP contribution in [0.4, 0.5) is 0 Å². The van der Waals surface area contributed by atoms with Gasteiger partial charge in [0.25, 0.3) is 0 Å². The average Bonchev–Trinajstić information content (AvgIpc) is 2.00. The molecule has 0 radical (unpaired) electrons. The van der Waals surface area contributed by atoms with Gasteiger partial charge in [-0.15, -0.1) is 0 Å². The van der Waals surface area contributed by atoms with Crippen molar-refractivity contribution in [2.75, 3.05) is 0 Å². The van der Waals surface area contributed by atoms with Gasteiger partial charge < -0.3 is 9.84 Å². The first-order valence-corrected chi connectivity index (χ1v) is 4.59. The topological polar surface area (TPSA) is 63.6 Å². The normalized spacial score (nSPS) is 15.8. The number of carboxylic acid groups (broad SMARTS) is 1. The van der Waals surface area contributed by atoms with Crippen molar-refractivity contribution in [1.29, 1.82) is 0 Å². The van der Waals surface area contributed by atoms with Crippen molar-refractivity contribution in [2.24, 2.45) is 11.3 Å². The number of rotatable bonds is 3. The van der Waals surface area contributed by atoms with Gasteiger partial charge in [0.05, 0.1) is 0 Å². The Morgan fingerprint density at radius 2 is 1.64 bits per heavy atom. The van der Waals surface area contributed by atoms with Crippen LogP contribution in [-0.4, -0.2) is 23.1 Å². The minimum atomic E-state index is -1.16. The van der Waals surface area contributed by atoms with E-state index in [0.717, 1.165) is 0 Å². The summed E-state index contributed by atoms with van der Waals surface area (Å²) in [4.78, 5) is 21.7. The molecule has 0 saturated carbocycles. The minimum Gasteiger partial charge on any atom is -0.481 e. The second-order valence-corrected chi connectivity index (χ2v) is 4.51. The Morgan fingerprint density at radius 3 is 1.93 bits per heavy atom. The fraction of sp³-hybridized carbons (Fsp3) is 0.800. The quantitative estimate of drug-likeness (QED) is 0.558. The molecule has 0 bridgehead atoms. The van der Waals surface area contributed by atoms with Crippen LogP contribution in [0.25, 0.3) is 0 Å². The highest BCUT2D eigenvalue weighted by atomic mass is 16.5. The van der Waals surface area contributed by atoms with Crippen molar-refractivity contribution in [2.45, 2.75) is 40.7 Å². The highest BCUT2D eigenvalue weighted by molar-refractivity contribution is 5.93. The summed E-state index contributed by atoms with van der Waals surface area (Å²) < 4.78 is 5.02. The van der Waals surface area contributed by atoms with Crippen molar-refractivity contribution >= 4 is 11.9 Å². The summed E-state index contributed by atoms with van der Waals surface area (Å²) in [5, 5.41) is 8.57. The Morgan fingerprint density at radius 1 is 1.21 bits per heavy atom. The Kier molecular flexibility index (Phi) is 4.10. The maximum absolute atomic E-state index is 11.2. The minimum absolute atomic E-state index is 0.173. The SMILES string of the molecule is CC(C(=O)O)C(=O)OC(C)C(C)(C)C. The summed E-state index contributed by atoms with van der Waals surface area (Å²) in [6.45, 7) is 8.86. The van der Waals surface area contributed by atoms with Gasteiger partial charge in [-0.25, -0.2) is 0 Å². The number of hydrogen-bond acceptors (Lipinski definition) is 3. The number of carbonyl (C=O) groups excluding carboxylic acids is 1. The van der Waals surface area contributed by atoms with Gasteiger partial charge in [-0.1, -0.05) is 20.8 Å². The molecule has 2 atom stereocenters. The van der Waals surface area contributed by atoms with Crippen LogP contribution in [0.5, 0.6) is 0 Å². The fourth-order valence-electron chi connectivity index (χ4n) is 0.554. The van der Waals surface area contributed by atoms with Gasteiger partial charge >= 0.3 is 11.9 Å². The van der Waals surface area contributed by atoms with E-state index in [2.05, 4.69) is 0 Å². The molecule has 0 aliphatic rings. The number of hydrogen-bond donors (Lipinski definition) is 1. The van der Waals surface area contributed by atoms with E-state index in [4.69, 9.17) is 9.84 Å². The Balaban J connectivity index is 4.27. The maximum Gasteiger partial charge on any atom is 0.320 e. The van der Waals surface area contributed by atoms with Crippen LogP contribution in [0.2, 0.25) is 0 Å². The molecule has 4 nitrogen and oxygen atoms in total. The maximum atomic E-state index is 11.2. The lowest BCUT2D eigenvalue weighted by Gasteiger charge is -2.27. The number of carbonyl (C=O) groups is 2. The summed E-state index contributed by atoms with van der Waals surface area (Å²) in [5.74, 6) is -2.93. The highest BCUT2D eigenvalue weighted by Gasteiger charge is 2.28. The van der Waals surface area contributed by atoms with Gasteiger partial charge in [0.2, 0.25) is 0 Å². The smallest absolute Gasteiger partial charge is 0.320 e. The Bertz CT molecular complexity index is 227. The van der Waals surface area contributed by atoms with Gasteiger partial charge in [-0.3, -0.25) is 9.59 Å². The second-order valence-electron chi connectivity index (χ2n) is 4.51. The van der Waals surface area contributed by atoms with Crippen LogP contribution in [0.3, 0.4) is 0 Å². The molecule has 0 amide bonds. The number of ether oxygens (including phenoxy) is 1. The third kappa shape index (κ3) is 3.77. The molecule has 0 aromatic rings. The van der Waals surface area contributed by atoms with Gasteiger partial charge in [0.1, 0.15) is 6.10 Å².